The van der Waals surface area contributed by atoms with Gasteiger partial charge in [0, 0.05) is 27.8 Å². The van der Waals surface area contributed by atoms with Gasteiger partial charge in [-0.3, -0.25) is 24.1 Å². The molecular weight excluding hydrogens is 430 g/mol. The highest BCUT2D eigenvalue weighted by Gasteiger charge is 2.75. The Balaban J connectivity index is 1.54. The van der Waals surface area contributed by atoms with Crippen molar-refractivity contribution in [2.75, 3.05) is 0 Å². The molecule has 0 aromatic heterocycles. The normalized spacial score (nSPS) is 28.8. The molecule has 0 bridgehead atoms. The number of nitrogens with zero attached hydrogens (tertiary/aromatic N) is 1. The Labute approximate surface area is 189 Å². The fourth-order valence-electron chi connectivity index (χ4n) is 6.05. The van der Waals surface area contributed by atoms with Crippen LogP contribution in [-0.2, 0) is 14.3 Å². The fourth-order valence-corrected chi connectivity index (χ4v) is 6.29. The first-order valence-corrected chi connectivity index (χ1v) is 11.3. The Morgan fingerprint density at radius 2 is 1.44 bits per heavy atom. The maximum atomic E-state index is 13.7. The number of ether oxygens (including phenoxy) is 1. The van der Waals surface area contributed by atoms with Crippen LogP contribution in [0.5, 0.6) is 0 Å². The van der Waals surface area contributed by atoms with Crippen molar-refractivity contribution < 1.29 is 23.9 Å². The summed E-state index contributed by atoms with van der Waals surface area (Å²) in [6.07, 6.45) is 2.40. The summed E-state index contributed by atoms with van der Waals surface area (Å²) in [5.41, 5.74) is -1.06. The molecule has 2 aromatic carbocycles. The minimum absolute atomic E-state index is 0.196. The van der Waals surface area contributed by atoms with E-state index in [4.69, 9.17) is 16.3 Å². The minimum Gasteiger partial charge on any atom is -0.349 e. The largest absolute Gasteiger partial charge is 0.349 e. The van der Waals surface area contributed by atoms with Crippen molar-refractivity contribution in [2.24, 2.45) is 11.8 Å². The van der Waals surface area contributed by atoms with E-state index in [1.54, 1.807) is 48.5 Å². The Kier molecular flexibility index (Phi) is 4.23. The number of likely N-dealkylation sites (tertiary alicyclic amines) is 1. The minimum atomic E-state index is -2.03. The number of imide groups is 1. The molecule has 0 N–H and O–H groups in total. The number of amides is 2. The van der Waals surface area contributed by atoms with Crippen LogP contribution >= 0.6 is 11.6 Å². The number of rotatable bonds is 2. The van der Waals surface area contributed by atoms with Gasteiger partial charge in [0.1, 0.15) is 0 Å². The fraction of sp³-hybridized carbons (Fsp3) is 0.360. The van der Waals surface area contributed by atoms with Crippen molar-refractivity contribution >= 4 is 35.0 Å². The summed E-state index contributed by atoms with van der Waals surface area (Å²) >= 11 is 6.44. The van der Waals surface area contributed by atoms with Gasteiger partial charge in [-0.2, -0.15) is 0 Å². The molecule has 2 aliphatic heterocycles. The molecule has 2 heterocycles. The SMILES string of the molecule is O=C1[C@H]2[C@H](c3ccccc3Cl)OC3(C(=O)c4ccccc4C3=O)[C@H]2C(=O)N1C1CCCC1. The Morgan fingerprint density at radius 1 is 0.844 bits per heavy atom. The molecule has 6 rings (SSSR count). The maximum absolute atomic E-state index is 13.7. The number of fused-ring (bicyclic) bond motifs is 3. The van der Waals surface area contributed by atoms with Crippen LogP contribution in [0.4, 0.5) is 0 Å². The molecule has 4 aliphatic rings. The standard InChI is InChI=1S/C25H20ClNO5/c26-17-12-6-5-11-16(17)20-18-19(24(31)27(23(18)30)13-7-1-2-8-13)25(32-20)21(28)14-9-3-4-10-15(14)22(25)29/h3-6,9-13,18-20H,1-2,7-8H2/t18-,19-,20+/m1/s1. The molecule has 2 aliphatic carbocycles. The van der Waals surface area contributed by atoms with Gasteiger partial charge in [-0.15, -0.1) is 0 Å². The quantitative estimate of drug-likeness (QED) is 0.515. The van der Waals surface area contributed by atoms with Crippen molar-refractivity contribution in [2.45, 2.75) is 43.4 Å². The van der Waals surface area contributed by atoms with Gasteiger partial charge in [0.15, 0.2) is 0 Å². The highest BCUT2D eigenvalue weighted by Crippen LogP contribution is 2.58. The Bertz CT molecular complexity index is 1170. The molecule has 32 heavy (non-hydrogen) atoms. The van der Waals surface area contributed by atoms with Crippen LogP contribution < -0.4 is 0 Å². The number of ketones is 2. The number of benzene rings is 2. The number of halogens is 1. The predicted octanol–water partition coefficient (Wildman–Crippen LogP) is 3.77. The van der Waals surface area contributed by atoms with E-state index in [2.05, 4.69) is 0 Å². The number of hydrogen-bond donors (Lipinski definition) is 0. The van der Waals surface area contributed by atoms with Crippen molar-refractivity contribution in [1.29, 1.82) is 0 Å². The van der Waals surface area contributed by atoms with Gasteiger partial charge in [-0.05, 0) is 18.9 Å². The van der Waals surface area contributed by atoms with Crippen LogP contribution in [0.25, 0.3) is 0 Å². The van der Waals surface area contributed by atoms with E-state index in [1.165, 1.54) is 4.90 Å². The van der Waals surface area contributed by atoms with E-state index in [-0.39, 0.29) is 23.1 Å². The van der Waals surface area contributed by atoms with Gasteiger partial charge in [0.05, 0.1) is 17.9 Å². The van der Waals surface area contributed by atoms with E-state index >= 15 is 0 Å². The molecule has 0 radical (unpaired) electrons. The van der Waals surface area contributed by atoms with Crippen LogP contribution in [0.3, 0.4) is 0 Å². The highest BCUT2D eigenvalue weighted by atomic mass is 35.5. The summed E-state index contributed by atoms with van der Waals surface area (Å²) in [6.45, 7) is 0. The smallest absolute Gasteiger partial charge is 0.237 e. The predicted molar refractivity (Wildman–Crippen MR) is 114 cm³/mol. The summed E-state index contributed by atoms with van der Waals surface area (Å²) in [5.74, 6) is -4.09. The lowest BCUT2D eigenvalue weighted by molar-refractivity contribution is -0.147. The summed E-state index contributed by atoms with van der Waals surface area (Å²) in [4.78, 5) is 56.0. The van der Waals surface area contributed by atoms with E-state index in [0.29, 0.717) is 10.6 Å². The molecule has 2 amide bonds. The molecule has 2 aromatic rings. The molecule has 3 atom stereocenters. The van der Waals surface area contributed by atoms with Gasteiger partial charge in [-0.1, -0.05) is 66.9 Å². The number of Topliss-reactive ketones (excluding diaryl/α,β-unsaturated/α-hetero) is 2. The molecule has 7 heteroatoms. The zero-order valence-corrected chi connectivity index (χ0v) is 17.9. The third-order valence-corrected chi connectivity index (χ3v) is 7.80. The Morgan fingerprint density at radius 3 is 2.06 bits per heavy atom. The topological polar surface area (TPSA) is 80.8 Å². The van der Waals surface area contributed by atoms with Gasteiger partial charge in [0.2, 0.25) is 29.0 Å². The zero-order valence-electron chi connectivity index (χ0n) is 17.1. The van der Waals surface area contributed by atoms with E-state index in [9.17, 15) is 19.2 Å². The summed E-state index contributed by atoms with van der Waals surface area (Å²) in [7, 11) is 0. The zero-order chi connectivity index (χ0) is 22.2. The van der Waals surface area contributed by atoms with Crippen molar-refractivity contribution in [3.63, 3.8) is 0 Å². The van der Waals surface area contributed by atoms with Gasteiger partial charge in [-0.25, -0.2) is 0 Å². The third-order valence-electron chi connectivity index (χ3n) is 7.45. The number of carbonyl (C=O) groups is 4. The second kappa shape index (κ2) is 6.83. The molecule has 2 saturated heterocycles. The van der Waals surface area contributed by atoms with Gasteiger partial charge < -0.3 is 4.74 Å². The van der Waals surface area contributed by atoms with Crippen LogP contribution in [-0.4, -0.2) is 39.9 Å². The number of carbonyl (C=O) groups excluding carboxylic acids is 4. The first-order chi connectivity index (χ1) is 15.5. The van der Waals surface area contributed by atoms with Gasteiger partial charge >= 0.3 is 0 Å². The lowest BCUT2D eigenvalue weighted by Gasteiger charge is -2.29. The second-order valence-electron chi connectivity index (χ2n) is 8.99. The molecule has 6 nitrogen and oxygen atoms in total. The lowest BCUT2D eigenvalue weighted by atomic mass is 9.77. The van der Waals surface area contributed by atoms with E-state index in [1.807, 2.05) is 0 Å². The van der Waals surface area contributed by atoms with Crippen molar-refractivity contribution in [1.82, 2.24) is 4.90 Å². The second-order valence-corrected chi connectivity index (χ2v) is 9.39. The van der Waals surface area contributed by atoms with Crippen LogP contribution in [0.2, 0.25) is 5.02 Å². The Hall–Kier alpha value is -2.83. The molecule has 3 fully saturated rings. The molecule has 1 spiro atoms. The summed E-state index contributed by atoms with van der Waals surface area (Å²) in [5, 5.41) is 0.364. The molecule has 162 valence electrons. The van der Waals surface area contributed by atoms with Crippen molar-refractivity contribution in [3.05, 3.63) is 70.2 Å². The lowest BCUT2D eigenvalue weighted by Crippen LogP contribution is -2.51. The molecular formula is C25H20ClNO5. The monoisotopic (exact) mass is 449 g/mol. The molecule has 1 saturated carbocycles. The number of hydrogen-bond acceptors (Lipinski definition) is 5. The van der Waals surface area contributed by atoms with Gasteiger partial charge in [0.25, 0.3) is 0 Å². The van der Waals surface area contributed by atoms with Crippen molar-refractivity contribution in [3.8, 4) is 0 Å². The summed E-state index contributed by atoms with van der Waals surface area (Å²) in [6, 6.07) is 13.2. The third kappa shape index (κ3) is 2.34. The van der Waals surface area contributed by atoms with E-state index in [0.717, 1.165) is 25.7 Å². The van der Waals surface area contributed by atoms with E-state index < -0.39 is 41.0 Å². The van der Waals surface area contributed by atoms with Crippen LogP contribution in [0.1, 0.15) is 58.1 Å². The van der Waals surface area contributed by atoms with Crippen LogP contribution in [0.15, 0.2) is 48.5 Å². The first kappa shape index (κ1) is 19.8. The average Bonchev–Trinajstić information content (AvgIpc) is 3.53. The average molecular weight is 450 g/mol. The van der Waals surface area contributed by atoms with Crippen LogP contribution in [0, 0.1) is 11.8 Å². The summed E-state index contributed by atoms with van der Waals surface area (Å²) < 4.78 is 6.25. The first-order valence-electron chi connectivity index (χ1n) is 10.9. The maximum Gasteiger partial charge on any atom is 0.237 e. The molecule has 0 unspecified atom stereocenters. The highest BCUT2D eigenvalue weighted by molar-refractivity contribution is 6.35.